The standard InChI is InChI=1S/C15H15BrO4/c1-4-8-6-5-7-9-10(8)13(19-2)12(16)14(20-3)11(9)15(17)18/h5-7H,4H2,1-3H3,(H,17,18). The third-order valence-electron chi connectivity index (χ3n) is 3.28. The molecule has 106 valence electrons. The molecule has 0 amide bonds. The maximum absolute atomic E-state index is 11.6. The number of aromatic carboxylic acids is 1. The molecule has 0 atom stereocenters. The van der Waals surface area contributed by atoms with Crippen LogP contribution in [0.15, 0.2) is 22.7 Å². The highest BCUT2D eigenvalue weighted by atomic mass is 79.9. The lowest BCUT2D eigenvalue weighted by atomic mass is 9.97. The molecule has 0 aliphatic heterocycles. The number of carboxylic acids is 1. The second-order valence-electron chi connectivity index (χ2n) is 4.25. The Morgan fingerprint density at radius 1 is 1.25 bits per heavy atom. The van der Waals surface area contributed by atoms with E-state index in [0.29, 0.717) is 15.6 Å². The third-order valence-corrected chi connectivity index (χ3v) is 4.00. The number of methoxy groups -OCH3 is 2. The molecule has 4 nitrogen and oxygen atoms in total. The summed E-state index contributed by atoms with van der Waals surface area (Å²) >= 11 is 3.39. The number of fused-ring (bicyclic) bond motifs is 1. The van der Waals surface area contributed by atoms with Gasteiger partial charge in [-0.05, 0) is 27.9 Å². The van der Waals surface area contributed by atoms with Crippen molar-refractivity contribution in [2.75, 3.05) is 14.2 Å². The Balaban J connectivity index is 3.07. The topological polar surface area (TPSA) is 55.8 Å². The van der Waals surface area contributed by atoms with Gasteiger partial charge in [-0.2, -0.15) is 0 Å². The van der Waals surface area contributed by atoms with Crippen molar-refractivity contribution < 1.29 is 19.4 Å². The molecule has 0 saturated heterocycles. The van der Waals surface area contributed by atoms with E-state index in [2.05, 4.69) is 15.9 Å². The molecule has 2 rings (SSSR count). The van der Waals surface area contributed by atoms with E-state index in [0.717, 1.165) is 17.4 Å². The van der Waals surface area contributed by atoms with E-state index in [9.17, 15) is 9.90 Å². The molecule has 0 bridgehead atoms. The Kier molecular flexibility index (Phi) is 4.18. The summed E-state index contributed by atoms with van der Waals surface area (Å²) in [6, 6.07) is 5.59. The molecular formula is C15H15BrO4. The minimum Gasteiger partial charge on any atom is -0.495 e. The van der Waals surface area contributed by atoms with E-state index < -0.39 is 5.97 Å². The Hall–Kier alpha value is -1.75. The first kappa shape index (κ1) is 14.7. The molecule has 0 aromatic heterocycles. The maximum Gasteiger partial charge on any atom is 0.340 e. The number of rotatable bonds is 4. The Morgan fingerprint density at radius 2 is 1.90 bits per heavy atom. The van der Waals surface area contributed by atoms with Crippen molar-refractivity contribution in [3.05, 3.63) is 33.8 Å². The number of aryl methyl sites for hydroxylation is 1. The van der Waals surface area contributed by atoms with Gasteiger partial charge in [0.1, 0.15) is 15.8 Å². The van der Waals surface area contributed by atoms with Crippen LogP contribution in [0.3, 0.4) is 0 Å². The Labute approximate surface area is 125 Å². The van der Waals surface area contributed by atoms with E-state index in [-0.39, 0.29) is 11.3 Å². The summed E-state index contributed by atoms with van der Waals surface area (Å²) < 4.78 is 11.2. The zero-order valence-corrected chi connectivity index (χ0v) is 13.1. The van der Waals surface area contributed by atoms with Crippen LogP contribution in [0, 0.1) is 0 Å². The van der Waals surface area contributed by atoms with E-state index >= 15 is 0 Å². The first-order valence-corrected chi connectivity index (χ1v) is 6.94. The van der Waals surface area contributed by atoms with Crippen LogP contribution in [0.1, 0.15) is 22.8 Å². The largest absolute Gasteiger partial charge is 0.495 e. The molecule has 0 heterocycles. The van der Waals surface area contributed by atoms with Crippen molar-refractivity contribution in [3.63, 3.8) is 0 Å². The predicted octanol–water partition coefficient (Wildman–Crippen LogP) is 3.88. The van der Waals surface area contributed by atoms with Crippen molar-refractivity contribution in [2.45, 2.75) is 13.3 Å². The first-order valence-electron chi connectivity index (χ1n) is 6.15. The van der Waals surface area contributed by atoms with Crippen molar-refractivity contribution in [2.24, 2.45) is 0 Å². The van der Waals surface area contributed by atoms with E-state index in [1.54, 1.807) is 13.2 Å². The molecule has 0 saturated carbocycles. The smallest absolute Gasteiger partial charge is 0.340 e. The fraction of sp³-hybridized carbons (Fsp3) is 0.267. The lowest BCUT2D eigenvalue weighted by Gasteiger charge is -2.17. The molecule has 0 radical (unpaired) electrons. The predicted molar refractivity (Wildman–Crippen MR) is 81.1 cm³/mol. The summed E-state index contributed by atoms with van der Waals surface area (Å²) in [4.78, 5) is 11.6. The highest BCUT2D eigenvalue weighted by molar-refractivity contribution is 9.10. The second kappa shape index (κ2) is 5.71. The summed E-state index contributed by atoms with van der Waals surface area (Å²) in [7, 11) is 3.01. The molecular weight excluding hydrogens is 324 g/mol. The summed E-state index contributed by atoms with van der Waals surface area (Å²) in [5, 5.41) is 10.9. The average Bonchev–Trinajstić information content (AvgIpc) is 2.45. The first-order chi connectivity index (χ1) is 9.56. The monoisotopic (exact) mass is 338 g/mol. The van der Waals surface area contributed by atoms with Crippen LogP contribution >= 0.6 is 15.9 Å². The normalized spacial score (nSPS) is 10.6. The van der Waals surface area contributed by atoms with Crippen LogP contribution in [0.4, 0.5) is 0 Å². The summed E-state index contributed by atoms with van der Waals surface area (Å²) in [6.07, 6.45) is 0.783. The van der Waals surface area contributed by atoms with Crippen LogP contribution in [0.25, 0.3) is 10.8 Å². The molecule has 0 aliphatic carbocycles. The summed E-state index contributed by atoms with van der Waals surface area (Å²) in [5.41, 5.74) is 1.18. The van der Waals surface area contributed by atoms with Crippen LogP contribution < -0.4 is 9.47 Å². The van der Waals surface area contributed by atoms with Gasteiger partial charge in [-0.15, -0.1) is 0 Å². The molecule has 20 heavy (non-hydrogen) atoms. The van der Waals surface area contributed by atoms with E-state index in [1.807, 2.05) is 19.1 Å². The fourth-order valence-electron chi connectivity index (χ4n) is 2.41. The van der Waals surface area contributed by atoms with Gasteiger partial charge in [0.05, 0.1) is 14.2 Å². The molecule has 1 N–H and O–H groups in total. The molecule has 0 unspecified atom stereocenters. The quantitative estimate of drug-likeness (QED) is 0.918. The lowest BCUT2D eigenvalue weighted by Crippen LogP contribution is -2.05. The average molecular weight is 339 g/mol. The van der Waals surface area contributed by atoms with Crippen molar-refractivity contribution in [3.8, 4) is 11.5 Å². The third kappa shape index (κ3) is 2.12. The summed E-state index contributed by atoms with van der Waals surface area (Å²) in [5.74, 6) is -0.155. The highest BCUT2D eigenvalue weighted by Crippen LogP contribution is 2.45. The second-order valence-corrected chi connectivity index (χ2v) is 5.05. The number of hydrogen-bond donors (Lipinski definition) is 1. The molecule has 5 heteroatoms. The molecule has 0 aliphatic rings. The summed E-state index contributed by atoms with van der Waals surface area (Å²) in [6.45, 7) is 2.02. The fourth-order valence-corrected chi connectivity index (χ4v) is 3.13. The van der Waals surface area contributed by atoms with Gasteiger partial charge in [0, 0.05) is 10.8 Å². The van der Waals surface area contributed by atoms with E-state index in [1.165, 1.54) is 7.11 Å². The number of benzene rings is 2. The Bertz CT molecular complexity index is 679. The minimum atomic E-state index is -1.02. The SMILES string of the molecule is CCc1cccc2c(C(=O)O)c(OC)c(Br)c(OC)c12. The van der Waals surface area contributed by atoms with Crippen LogP contribution in [0.5, 0.6) is 11.5 Å². The Morgan fingerprint density at radius 3 is 2.40 bits per heavy atom. The van der Waals surface area contributed by atoms with Gasteiger partial charge < -0.3 is 14.6 Å². The van der Waals surface area contributed by atoms with Crippen LogP contribution in [0.2, 0.25) is 0 Å². The van der Waals surface area contributed by atoms with Gasteiger partial charge in [-0.3, -0.25) is 0 Å². The van der Waals surface area contributed by atoms with Crippen LogP contribution in [-0.4, -0.2) is 25.3 Å². The van der Waals surface area contributed by atoms with Gasteiger partial charge in [-0.25, -0.2) is 4.79 Å². The number of hydrogen-bond acceptors (Lipinski definition) is 3. The van der Waals surface area contributed by atoms with Crippen molar-refractivity contribution in [1.82, 2.24) is 0 Å². The molecule has 0 spiro atoms. The maximum atomic E-state index is 11.6. The number of ether oxygens (including phenoxy) is 2. The number of halogens is 1. The molecule has 2 aromatic carbocycles. The van der Waals surface area contributed by atoms with Gasteiger partial charge in [0.15, 0.2) is 5.75 Å². The van der Waals surface area contributed by atoms with Crippen LogP contribution in [-0.2, 0) is 6.42 Å². The minimum absolute atomic E-state index is 0.144. The lowest BCUT2D eigenvalue weighted by molar-refractivity contribution is 0.0695. The van der Waals surface area contributed by atoms with Gasteiger partial charge in [-0.1, -0.05) is 25.1 Å². The number of carbonyl (C=O) groups is 1. The van der Waals surface area contributed by atoms with Crippen molar-refractivity contribution in [1.29, 1.82) is 0 Å². The zero-order valence-electron chi connectivity index (χ0n) is 11.5. The zero-order chi connectivity index (χ0) is 14.9. The van der Waals surface area contributed by atoms with E-state index in [4.69, 9.17) is 9.47 Å². The highest BCUT2D eigenvalue weighted by Gasteiger charge is 2.24. The van der Waals surface area contributed by atoms with Gasteiger partial charge in [0.2, 0.25) is 0 Å². The van der Waals surface area contributed by atoms with Gasteiger partial charge >= 0.3 is 5.97 Å². The number of carboxylic acid groups (broad SMARTS) is 1. The molecule has 2 aromatic rings. The molecule has 0 fully saturated rings. The van der Waals surface area contributed by atoms with Gasteiger partial charge in [0.25, 0.3) is 0 Å². The van der Waals surface area contributed by atoms with Crippen molar-refractivity contribution >= 4 is 32.7 Å².